The van der Waals surface area contributed by atoms with Gasteiger partial charge in [-0.2, -0.15) is 0 Å². The van der Waals surface area contributed by atoms with Gasteiger partial charge in [0.1, 0.15) is 13.2 Å². The lowest BCUT2D eigenvalue weighted by molar-refractivity contribution is -0.121. The summed E-state index contributed by atoms with van der Waals surface area (Å²) < 4.78 is 13.5. The number of hydrogen-bond donors (Lipinski definition) is 1. The Balaban J connectivity index is 1.68. The van der Waals surface area contributed by atoms with Crippen molar-refractivity contribution in [3.05, 3.63) is 46.2 Å². The number of ether oxygens (including phenoxy) is 2. The van der Waals surface area contributed by atoms with Crippen LogP contribution in [0.1, 0.15) is 34.2 Å². The van der Waals surface area contributed by atoms with E-state index in [9.17, 15) is 4.79 Å². The summed E-state index contributed by atoms with van der Waals surface area (Å²) in [7, 11) is 0. The molecule has 7 heteroatoms. The number of nitrogens with zero attached hydrogens (tertiary/aromatic N) is 2. The first-order valence-corrected chi connectivity index (χ1v) is 9.14. The lowest BCUT2D eigenvalue weighted by atomic mass is 9.91. The highest BCUT2D eigenvalue weighted by Crippen LogP contribution is 2.39. The van der Waals surface area contributed by atoms with Crippen LogP contribution in [0.2, 0.25) is 0 Å². The number of carbonyl (C=O) groups is 1. The standard InChI is InChI=1S/C18H17N3O3S/c1-10-9-21-17-12(7-16(22)19-8-13(17)20-18(21)25-10)11-2-3-14-15(6-11)24-5-4-23-14/h2-3,6,9,12H,4-5,7-8H2,1H3,(H,19,22)/t12-/m0/s1. The van der Waals surface area contributed by atoms with E-state index in [1.807, 2.05) is 18.2 Å². The first-order valence-electron chi connectivity index (χ1n) is 8.32. The molecule has 6 nitrogen and oxygen atoms in total. The number of carbonyl (C=O) groups excluding carboxylic acids is 1. The summed E-state index contributed by atoms with van der Waals surface area (Å²) in [4.78, 5) is 19.2. The van der Waals surface area contributed by atoms with E-state index in [1.54, 1.807) is 11.3 Å². The molecule has 0 aliphatic carbocycles. The molecule has 5 rings (SSSR count). The van der Waals surface area contributed by atoms with Crippen LogP contribution in [0.4, 0.5) is 0 Å². The first kappa shape index (κ1) is 14.8. The molecule has 1 aromatic carbocycles. The van der Waals surface area contributed by atoms with Crippen molar-refractivity contribution >= 4 is 22.2 Å². The molecule has 0 bridgehead atoms. The van der Waals surface area contributed by atoms with Crippen LogP contribution in [0.3, 0.4) is 0 Å². The van der Waals surface area contributed by atoms with Gasteiger partial charge in [-0.1, -0.05) is 6.07 Å². The third kappa shape index (κ3) is 2.38. The molecule has 1 N–H and O–H groups in total. The van der Waals surface area contributed by atoms with Gasteiger partial charge >= 0.3 is 0 Å². The first-order chi connectivity index (χ1) is 12.2. The number of rotatable bonds is 1. The molecule has 0 saturated heterocycles. The average Bonchev–Trinajstić information content (AvgIpc) is 3.07. The van der Waals surface area contributed by atoms with Gasteiger partial charge in [-0.25, -0.2) is 4.98 Å². The van der Waals surface area contributed by atoms with Gasteiger partial charge in [0.05, 0.1) is 17.9 Å². The van der Waals surface area contributed by atoms with Crippen LogP contribution in [0.5, 0.6) is 11.5 Å². The second-order valence-corrected chi connectivity index (χ2v) is 7.59. The average molecular weight is 355 g/mol. The van der Waals surface area contributed by atoms with Gasteiger partial charge in [0.2, 0.25) is 5.91 Å². The fraction of sp³-hybridized carbons (Fsp3) is 0.333. The Bertz CT molecular complexity index is 991. The van der Waals surface area contributed by atoms with Crippen LogP contribution in [0, 0.1) is 6.92 Å². The Morgan fingerprint density at radius 1 is 1.28 bits per heavy atom. The summed E-state index contributed by atoms with van der Waals surface area (Å²) >= 11 is 1.67. The van der Waals surface area contributed by atoms with Crippen LogP contribution in [-0.4, -0.2) is 28.5 Å². The molecule has 0 unspecified atom stereocenters. The van der Waals surface area contributed by atoms with Gasteiger partial charge < -0.3 is 14.8 Å². The molecular formula is C18H17N3O3S. The van der Waals surface area contributed by atoms with Crippen LogP contribution >= 0.6 is 11.3 Å². The number of amides is 1. The molecule has 2 aliphatic heterocycles. The van der Waals surface area contributed by atoms with Crippen molar-refractivity contribution in [1.82, 2.24) is 14.7 Å². The highest BCUT2D eigenvalue weighted by Gasteiger charge is 2.30. The van der Waals surface area contributed by atoms with E-state index in [1.165, 1.54) is 4.88 Å². The molecule has 4 heterocycles. The lowest BCUT2D eigenvalue weighted by Crippen LogP contribution is -2.21. The number of aryl methyl sites for hydroxylation is 1. The van der Waals surface area contributed by atoms with Gasteiger partial charge in [0.15, 0.2) is 16.5 Å². The van der Waals surface area contributed by atoms with Crippen molar-refractivity contribution < 1.29 is 14.3 Å². The number of fused-ring (bicyclic) bond motifs is 4. The maximum absolute atomic E-state index is 12.3. The molecule has 0 spiro atoms. The predicted molar refractivity (Wildman–Crippen MR) is 93.5 cm³/mol. The third-order valence-corrected chi connectivity index (χ3v) is 5.59. The van der Waals surface area contributed by atoms with E-state index in [0.29, 0.717) is 26.2 Å². The van der Waals surface area contributed by atoms with Gasteiger partial charge in [0, 0.05) is 23.4 Å². The molecule has 0 saturated carbocycles. The number of aromatic nitrogens is 2. The zero-order valence-corrected chi connectivity index (χ0v) is 14.6. The minimum absolute atomic E-state index is 0.0404. The Kier molecular flexibility index (Phi) is 3.24. The van der Waals surface area contributed by atoms with Gasteiger partial charge in [-0.3, -0.25) is 9.20 Å². The van der Waals surface area contributed by atoms with Crippen molar-refractivity contribution in [2.45, 2.75) is 25.8 Å². The summed E-state index contributed by atoms with van der Waals surface area (Å²) in [5.41, 5.74) is 3.08. The van der Waals surface area contributed by atoms with Crippen LogP contribution in [-0.2, 0) is 11.3 Å². The maximum Gasteiger partial charge on any atom is 0.221 e. The highest BCUT2D eigenvalue weighted by atomic mass is 32.1. The van der Waals surface area contributed by atoms with Gasteiger partial charge in [-0.05, 0) is 24.6 Å². The van der Waals surface area contributed by atoms with Gasteiger partial charge in [0.25, 0.3) is 0 Å². The van der Waals surface area contributed by atoms with Crippen molar-refractivity contribution in [1.29, 1.82) is 0 Å². The predicted octanol–water partition coefficient (Wildman–Crippen LogP) is 2.63. The zero-order chi connectivity index (χ0) is 17.0. The SMILES string of the molecule is Cc1cn2c3c(nc2s1)CNC(=O)C[C@H]3c1ccc2c(c1)OCCO2. The number of thiazole rings is 1. The molecule has 1 atom stereocenters. The van der Waals surface area contributed by atoms with E-state index < -0.39 is 0 Å². The second-order valence-electron chi connectivity index (χ2n) is 6.37. The summed E-state index contributed by atoms with van der Waals surface area (Å²) in [5.74, 6) is 1.49. The van der Waals surface area contributed by atoms with E-state index in [2.05, 4.69) is 22.8 Å². The van der Waals surface area contributed by atoms with Crippen LogP contribution < -0.4 is 14.8 Å². The molecular weight excluding hydrogens is 338 g/mol. The fourth-order valence-electron chi connectivity index (χ4n) is 3.61. The molecule has 2 aromatic heterocycles. The number of benzene rings is 1. The number of hydrogen-bond acceptors (Lipinski definition) is 5. The topological polar surface area (TPSA) is 64.9 Å². The number of nitrogens with one attached hydrogen (secondary N) is 1. The van der Waals surface area contributed by atoms with E-state index >= 15 is 0 Å². The molecule has 2 aliphatic rings. The smallest absolute Gasteiger partial charge is 0.221 e. The van der Waals surface area contributed by atoms with Crippen LogP contribution in [0.15, 0.2) is 24.4 Å². The highest BCUT2D eigenvalue weighted by molar-refractivity contribution is 7.17. The molecule has 0 radical (unpaired) electrons. The second kappa shape index (κ2) is 5.49. The Labute approximate surface area is 148 Å². The molecule has 25 heavy (non-hydrogen) atoms. The van der Waals surface area contributed by atoms with E-state index in [4.69, 9.17) is 14.5 Å². The van der Waals surface area contributed by atoms with E-state index in [0.717, 1.165) is 33.4 Å². The quantitative estimate of drug-likeness (QED) is 0.729. The van der Waals surface area contributed by atoms with Crippen molar-refractivity contribution in [2.75, 3.05) is 13.2 Å². The molecule has 1 amide bonds. The van der Waals surface area contributed by atoms with Gasteiger partial charge in [-0.15, -0.1) is 11.3 Å². The van der Waals surface area contributed by atoms with Crippen molar-refractivity contribution in [2.24, 2.45) is 0 Å². The van der Waals surface area contributed by atoms with Crippen molar-refractivity contribution in [3.63, 3.8) is 0 Å². The minimum Gasteiger partial charge on any atom is -0.486 e. The Hall–Kier alpha value is -2.54. The summed E-state index contributed by atoms with van der Waals surface area (Å²) in [5, 5.41) is 2.96. The maximum atomic E-state index is 12.3. The Morgan fingerprint density at radius 2 is 2.12 bits per heavy atom. The molecule has 3 aromatic rings. The zero-order valence-electron chi connectivity index (χ0n) is 13.7. The van der Waals surface area contributed by atoms with E-state index in [-0.39, 0.29) is 11.8 Å². The fourth-order valence-corrected chi connectivity index (χ4v) is 4.46. The van der Waals surface area contributed by atoms with Crippen LogP contribution in [0.25, 0.3) is 4.96 Å². The largest absolute Gasteiger partial charge is 0.486 e. The summed E-state index contributed by atoms with van der Waals surface area (Å²) in [6.45, 7) is 3.67. The summed E-state index contributed by atoms with van der Waals surface area (Å²) in [6, 6.07) is 5.96. The normalized spacial score (nSPS) is 19.4. The monoisotopic (exact) mass is 355 g/mol. The minimum atomic E-state index is -0.0580. The molecule has 0 fully saturated rings. The number of imidazole rings is 1. The third-order valence-electron chi connectivity index (χ3n) is 4.70. The lowest BCUT2D eigenvalue weighted by Gasteiger charge is -2.21. The van der Waals surface area contributed by atoms with Crippen molar-refractivity contribution in [3.8, 4) is 11.5 Å². The summed E-state index contributed by atoms with van der Waals surface area (Å²) in [6.07, 6.45) is 2.50. The Morgan fingerprint density at radius 3 is 3.00 bits per heavy atom. The molecule has 128 valence electrons.